The van der Waals surface area contributed by atoms with Crippen molar-refractivity contribution in [2.75, 3.05) is 0 Å². The van der Waals surface area contributed by atoms with Crippen LogP contribution in [-0.2, 0) is 11.3 Å². The van der Waals surface area contributed by atoms with Gasteiger partial charge in [-0.1, -0.05) is 29.8 Å². The summed E-state index contributed by atoms with van der Waals surface area (Å²) in [6.45, 7) is 0.485. The second kappa shape index (κ2) is 5.14. The molecule has 0 radical (unpaired) electrons. The Morgan fingerprint density at radius 3 is 2.74 bits per heavy atom. The van der Waals surface area contributed by atoms with Crippen LogP contribution in [0.25, 0.3) is 0 Å². The zero-order chi connectivity index (χ0) is 13.4. The van der Waals surface area contributed by atoms with Crippen molar-refractivity contribution < 1.29 is 4.79 Å². The summed E-state index contributed by atoms with van der Waals surface area (Å²) in [7, 11) is 0. The van der Waals surface area contributed by atoms with E-state index in [4.69, 9.17) is 17.3 Å². The highest BCUT2D eigenvalue weighted by atomic mass is 35.5. The first-order valence-electron chi connectivity index (χ1n) is 6.93. The molecule has 2 bridgehead atoms. The molecule has 3 nitrogen and oxygen atoms in total. The molecular formula is C15H19ClN2O. The highest BCUT2D eigenvalue weighted by Crippen LogP contribution is 2.47. The van der Waals surface area contributed by atoms with Gasteiger partial charge < -0.3 is 11.1 Å². The number of benzene rings is 1. The van der Waals surface area contributed by atoms with Crippen molar-refractivity contribution >= 4 is 17.5 Å². The van der Waals surface area contributed by atoms with Gasteiger partial charge in [0.1, 0.15) is 0 Å². The molecule has 19 heavy (non-hydrogen) atoms. The Balaban J connectivity index is 1.62. The minimum Gasteiger partial charge on any atom is -0.352 e. The van der Waals surface area contributed by atoms with Crippen molar-refractivity contribution in [1.82, 2.24) is 5.32 Å². The Bertz CT molecular complexity index is 489. The predicted octanol–water partition coefficient (Wildman–Crippen LogP) is 2.33. The third kappa shape index (κ3) is 2.37. The standard InChI is InChI=1S/C15H19ClN2O/c16-12-4-2-1-3-11(12)8-18-15(19)13-9-5-6-10(7-9)14(13)17/h1-4,9-10,13-14H,5-8,17H2,(H,18,19). The lowest BCUT2D eigenvalue weighted by Crippen LogP contribution is -2.45. The molecule has 2 fully saturated rings. The number of amides is 1. The van der Waals surface area contributed by atoms with Gasteiger partial charge in [0.05, 0.1) is 5.92 Å². The summed E-state index contributed by atoms with van der Waals surface area (Å²) < 4.78 is 0. The third-order valence-corrected chi connectivity index (χ3v) is 5.06. The molecule has 1 aromatic rings. The fourth-order valence-corrected chi connectivity index (χ4v) is 3.87. The summed E-state index contributed by atoms with van der Waals surface area (Å²) in [5.41, 5.74) is 7.13. The summed E-state index contributed by atoms with van der Waals surface area (Å²) in [6.07, 6.45) is 3.48. The van der Waals surface area contributed by atoms with E-state index in [9.17, 15) is 4.79 Å². The Kier molecular flexibility index (Phi) is 3.50. The first-order valence-corrected chi connectivity index (χ1v) is 7.31. The quantitative estimate of drug-likeness (QED) is 0.892. The largest absolute Gasteiger partial charge is 0.352 e. The second-order valence-electron chi connectivity index (χ2n) is 5.75. The summed E-state index contributed by atoms with van der Waals surface area (Å²) in [5, 5.41) is 3.69. The van der Waals surface area contributed by atoms with E-state index in [1.807, 2.05) is 24.3 Å². The van der Waals surface area contributed by atoms with E-state index in [0.717, 1.165) is 18.4 Å². The number of nitrogens with two attached hydrogens (primary N) is 1. The van der Waals surface area contributed by atoms with Crippen LogP contribution >= 0.6 is 11.6 Å². The van der Waals surface area contributed by atoms with Crippen LogP contribution in [0.4, 0.5) is 0 Å². The minimum absolute atomic E-state index is 0.00115. The monoisotopic (exact) mass is 278 g/mol. The topological polar surface area (TPSA) is 55.1 Å². The number of halogens is 1. The highest BCUT2D eigenvalue weighted by molar-refractivity contribution is 6.31. The molecule has 3 N–H and O–H groups in total. The minimum atomic E-state index is 0.00115. The number of nitrogens with one attached hydrogen (secondary N) is 1. The van der Waals surface area contributed by atoms with Crippen LogP contribution in [-0.4, -0.2) is 11.9 Å². The average Bonchev–Trinajstić information content (AvgIpc) is 2.98. The van der Waals surface area contributed by atoms with E-state index < -0.39 is 0 Å². The van der Waals surface area contributed by atoms with E-state index in [0.29, 0.717) is 23.4 Å². The van der Waals surface area contributed by atoms with Gasteiger partial charge in [-0.05, 0) is 42.7 Å². The van der Waals surface area contributed by atoms with Crippen molar-refractivity contribution in [3.63, 3.8) is 0 Å². The molecule has 1 amide bonds. The maximum Gasteiger partial charge on any atom is 0.225 e. The van der Waals surface area contributed by atoms with Gasteiger partial charge in [-0.25, -0.2) is 0 Å². The van der Waals surface area contributed by atoms with E-state index in [-0.39, 0.29) is 17.9 Å². The van der Waals surface area contributed by atoms with E-state index in [2.05, 4.69) is 5.32 Å². The molecule has 0 aromatic heterocycles. The molecule has 2 saturated carbocycles. The zero-order valence-electron chi connectivity index (χ0n) is 10.8. The molecule has 4 atom stereocenters. The molecular weight excluding hydrogens is 260 g/mol. The molecule has 3 rings (SSSR count). The van der Waals surface area contributed by atoms with Gasteiger partial charge in [-0.15, -0.1) is 0 Å². The third-order valence-electron chi connectivity index (χ3n) is 4.69. The molecule has 0 saturated heterocycles. The molecule has 0 aliphatic heterocycles. The number of rotatable bonds is 3. The van der Waals surface area contributed by atoms with Gasteiger partial charge in [0.25, 0.3) is 0 Å². The Morgan fingerprint density at radius 1 is 1.32 bits per heavy atom. The van der Waals surface area contributed by atoms with Crippen LogP contribution in [0.3, 0.4) is 0 Å². The maximum absolute atomic E-state index is 12.3. The lowest BCUT2D eigenvalue weighted by Gasteiger charge is -2.27. The SMILES string of the molecule is NC1C2CCC(C2)C1C(=O)NCc1ccccc1Cl. The van der Waals surface area contributed by atoms with Crippen LogP contribution in [0, 0.1) is 17.8 Å². The lowest BCUT2D eigenvalue weighted by molar-refractivity contribution is -0.127. The Labute approximate surface area is 118 Å². The number of fused-ring (bicyclic) bond motifs is 2. The van der Waals surface area contributed by atoms with Crippen LogP contribution in [0.2, 0.25) is 5.02 Å². The summed E-state index contributed by atoms with van der Waals surface area (Å²) in [6, 6.07) is 7.64. The molecule has 2 aliphatic carbocycles. The van der Waals surface area contributed by atoms with Gasteiger partial charge in [-0.2, -0.15) is 0 Å². The Hall–Kier alpha value is -1.06. The molecule has 0 heterocycles. The number of hydrogen-bond donors (Lipinski definition) is 2. The van der Waals surface area contributed by atoms with Crippen molar-refractivity contribution in [3.05, 3.63) is 34.9 Å². The van der Waals surface area contributed by atoms with Crippen molar-refractivity contribution in [2.45, 2.75) is 31.8 Å². The van der Waals surface area contributed by atoms with Gasteiger partial charge in [0, 0.05) is 17.6 Å². The molecule has 0 spiro atoms. The summed E-state index contributed by atoms with van der Waals surface area (Å²) in [4.78, 5) is 12.3. The summed E-state index contributed by atoms with van der Waals surface area (Å²) >= 11 is 6.08. The fraction of sp³-hybridized carbons (Fsp3) is 0.533. The van der Waals surface area contributed by atoms with Crippen molar-refractivity contribution in [2.24, 2.45) is 23.5 Å². The highest BCUT2D eigenvalue weighted by Gasteiger charge is 2.48. The van der Waals surface area contributed by atoms with Crippen LogP contribution in [0.5, 0.6) is 0 Å². The first-order chi connectivity index (χ1) is 9.16. The fourth-order valence-electron chi connectivity index (χ4n) is 3.67. The first kappa shape index (κ1) is 12.9. The number of hydrogen-bond acceptors (Lipinski definition) is 2. The number of carbonyl (C=O) groups excluding carboxylic acids is 1. The number of carbonyl (C=O) groups is 1. The normalized spacial score (nSPS) is 32.5. The van der Waals surface area contributed by atoms with Gasteiger partial charge in [0.2, 0.25) is 5.91 Å². The lowest BCUT2D eigenvalue weighted by atomic mass is 9.84. The smallest absolute Gasteiger partial charge is 0.225 e. The van der Waals surface area contributed by atoms with Gasteiger partial charge >= 0.3 is 0 Å². The van der Waals surface area contributed by atoms with Gasteiger partial charge in [0.15, 0.2) is 0 Å². The molecule has 4 unspecified atom stereocenters. The zero-order valence-corrected chi connectivity index (χ0v) is 11.6. The predicted molar refractivity (Wildman–Crippen MR) is 75.6 cm³/mol. The Morgan fingerprint density at radius 2 is 2.05 bits per heavy atom. The van der Waals surface area contributed by atoms with Crippen molar-refractivity contribution in [3.8, 4) is 0 Å². The van der Waals surface area contributed by atoms with Gasteiger partial charge in [-0.3, -0.25) is 4.79 Å². The van der Waals surface area contributed by atoms with Crippen LogP contribution < -0.4 is 11.1 Å². The molecule has 1 aromatic carbocycles. The maximum atomic E-state index is 12.3. The van der Waals surface area contributed by atoms with E-state index in [1.54, 1.807) is 0 Å². The van der Waals surface area contributed by atoms with E-state index >= 15 is 0 Å². The van der Waals surface area contributed by atoms with Crippen LogP contribution in [0.15, 0.2) is 24.3 Å². The molecule has 4 heteroatoms. The average molecular weight is 279 g/mol. The molecule has 2 aliphatic rings. The van der Waals surface area contributed by atoms with Crippen LogP contribution in [0.1, 0.15) is 24.8 Å². The van der Waals surface area contributed by atoms with E-state index in [1.165, 1.54) is 6.42 Å². The van der Waals surface area contributed by atoms with Crippen molar-refractivity contribution in [1.29, 1.82) is 0 Å². The molecule has 102 valence electrons. The summed E-state index contributed by atoms with van der Waals surface area (Å²) in [5.74, 6) is 1.15. The second-order valence-corrected chi connectivity index (χ2v) is 6.15.